The standard InChI is InChI=1S/C34H47N7O6/c1-22(42)34(2,32(47)40-26(14-9-21-37-33(35)36)29(44)31(46)38-25-17-18-25)41-30(45)27(19-15-23-10-5-3-6-11-23)39-28(43)20-16-24-12-7-4-8-13-24/h3-8,10-13,22,25-27,42H,9,14-21H2,1-2H3,(H,38,46)(H,39,43)(H,40,47)(H,41,45)(H4,35,36,37)/t22-,26+,27?,34-/m1/s1. The maximum atomic E-state index is 13.7. The molecule has 2 aromatic rings. The molecule has 47 heavy (non-hydrogen) atoms. The van der Waals surface area contributed by atoms with E-state index in [0.717, 1.165) is 24.0 Å². The minimum Gasteiger partial charge on any atom is -0.390 e. The summed E-state index contributed by atoms with van der Waals surface area (Å²) in [6.45, 7) is 2.80. The zero-order valence-corrected chi connectivity index (χ0v) is 27.0. The van der Waals surface area contributed by atoms with E-state index in [1.165, 1.54) is 13.8 Å². The summed E-state index contributed by atoms with van der Waals surface area (Å²) in [4.78, 5) is 70.0. The summed E-state index contributed by atoms with van der Waals surface area (Å²) < 4.78 is 0. The van der Waals surface area contributed by atoms with E-state index in [-0.39, 0.29) is 50.1 Å². The largest absolute Gasteiger partial charge is 0.390 e. The first-order valence-electron chi connectivity index (χ1n) is 16.0. The lowest BCUT2D eigenvalue weighted by molar-refractivity contribution is -0.143. The number of hydrogen-bond acceptors (Lipinski definition) is 7. The van der Waals surface area contributed by atoms with Crippen molar-refractivity contribution in [1.29, 1.82) is 0 Å². The number of aliphatic hydroxyl groups is 1. The highest BCUT2D eigenvalue weighted by Gasteiger charge is 2.43. The molecule has 1 aliphatic rings. The molecule has 0 radical (unpaired) electrons. The first kappa shape index (κ1) is 36.7. The number of nitrogens with two attached hydrogens (primary N) is 2. The fourth-order valence-corrected chi connectivity index (χ4v) is 4.81. The molecule has 4 atom stereocenters. The summed E-state index contributed by atoms with van der Waals surface area (Å²) in [7, 11) is 0. The molecule has 1 saturated carbocycles. The Bertz CT molecular complexity index is 1390. The number of Topliss-reactive ketones (excluding diaryl/α,β-unsaturated/α-hetero) is 1. The van der Waals surface area contributed by atoms with Gasteiger partial charge in [0.05, 0.1) is 12.1 Å². The number of nitrogens with zero attached hydrogens (tertiary/aromatic N) is 1. The first-order valence-corrected chi connectivity index (χ1v) is 16.0. The van der Waals surface area contributed by atoms with Crippen LogP contribution in [0.1, 0.15) is 63.5 Å². The Morgan fingerprint density at radius 1 is 0.894 bits per heavy atom. The number of carbonyl (C=O) groups excluding carboxylic acids is 5. The molecule has 1 fully saturated rings. The predicted octanol–water partition coefficient (Wildman–Crippen LogP) is 0.379. The van der Waals surface area contributed by atoms with Gasteiger partial charge in [0.25, 0.3) is 5.91 Å². The fourth-order valence-electron chi connectivity index (χ4n) is 4.81. The van der Waals surface area contributed by atoms with Crippen LogP contribution in [0.25, 0.3) is 0 Å². The highest BCUT2D eigenvalue weighted by molar-refractivity contribution is 6.38. The molecule has 0 aliphatic heterocycles. The topological polar surface area (TPSA) is 218 Å². The van der Waals surface area contributed by atoms with Gasteiger partial charge >= 0.3 is 0 Å². The second-order valence-corrected chi connectivity index (χ2v) is 12.1. The number of benzene rings is 2. The van der Waals surface area contributed by atoms with Gasteiger partial charge in [0.1, 0.15) is 11.6 Å². The number of hydrogen-bond donors (Lipinski definition) is 7. The molecule has 2 aromatic carbocycles. The van der Waals surface area contributed by atoms with Crippen LogP contribution in [0.5, 0.6) is 0 Å². The molecular weight excluding hydrogens is 602 g/mol. The van der Waals surface area contributed by atoms with E-state index in [9.17, 15) is 29.1 Å². The Morgan fingerprint density at radius 3 is 2.04 bits per heavy atom. The van der Waals surface area contributed by atoms with Gasteiger partial charge in [0, 0.05) is 19.0 Å². The second kappa shape index (κ2) is 17.8. The average Bonchev–Trinajstić information content (AvgIpc) is 3.87. The van der Waals surface area contributed by atoms with Gasteiger partial charge in [-0.3, -0.25) is 29.0 Å². The zero-order chi connectivity index (χ0) is 34.4. The summed E-state index contributed by atoms with van der Waals surface area (Å²) >= 11 is 0. The highest BCUT2D eigenvalue weighted by atomic mass is 16.3. The Hall–Kier alpha value is -4.78. The number of rotatable bonds is 19. The lowest BCUT2D eigenvalue weighted by Crippen LogP contribution is -2.67. The molecule has 0 heterocycles. The van der Waals surface area contributed by atoms with E-state index in [2.05, 4.69) is 26.3 Å². The molecule has 3 rings (SSSR count). The highest BCUT2D eigenvalue weighted by Crippen LogP contribution is 2.19. The smallest absolute Gasteiger partial charge is 0.289 e. The molecule has 1 unspecified atom stereocenters. The minimum absolute atomic E-state index is 0.0282. The van der Waals surface area contributed by atoms with Crippen LogP contribution in [0.2, 0.25) is 0 Å². The van der Waals surface area contributed by atoms with E-state index in [1.807, 2.05) is 60.7 Å². The summed E-state index contributed by atoms with van der Waals surface area (Å²) in [5.74, 6) is -3.74. The van der Waals surface area contributed by atoms with Crippen molar-refractivity contribution in [3.8, 4) is 0 Å². The predicted molar refractivity (Wildman–Crippen MR) is 178 cm³/mol. The molecule has 0 bridgehead atoms. The van der Waals surface area contributed by atoms with Crippen molar-refractivity contribution in [2.45, 2.75) is 95.0 Å². The van der Waals surface area contributed by atoms with E-state index >= 15 is 0 Å². The molecule has 13 heteroatoms. The molecule has 0 spiro atoms. The van der Waals surface area contributed by atoms with Crippen molar-refractivity contribution >= 4 is 35.4 Å². The first-order chi connectivity index (χ1) is 22.4. The minimum atomic E-state index is -1.93. The molecule has 1 aliphatic carbocycles. The molecule has 13 nitrogen and oxygen atoms in total. The third-order valence-corrected chi connectivity index (χ3v) is 8.09. The van der Waals surface area contributed by atoms with Gasteiger partial charge in [-0.1, -0.05) is 60.7 Å². The van der Waals surface area contributed by atoms with Gasteiger partial charge in [-0.15, -0.1) is 0 Å². The SMILES string of the molecule is C[C@@H](O)[C@@](C)(NC(=O)C(CCc1ccccc1)NC(=O)CCc1ccccc1)C(=O)N[C@@H](CCCN=C(N)N)C(=O)C(=O)NC1CC1. The number of aliphatic hydroxyl groups excluding tert-OH is 1. The monoisotopic (exact) mass is 649 g/mol. The summed E-state index contributed by atoms with van der Waals surface area (Å²) in [5.41, 5.74) is 10.8. The third-order valence-electron chi connectivity index (χ3n) is 8.09. The molecule has 0 aromatic heterocycles. The van der Waals surface area contributed by atoms with Gasteiger partial charge in [-0.2, -0.15) is 0 Å². The molecule has 0 saturated heterocycles. The Balaban J connectivity index is 1.75. The zero-order valence-electron chi connectivity index (χ0n) is 27.0. The van der Waals surface area contributed by atoms with Crippen LogP contribution in [0.15, 0.2) is 65.7 Å². The van der Waals surface area contributed by atoms with Gasteiger partial charge in [0.2, 0.25) is 23.5 Å². The van der Waals surface area contributed by atoms with Crippen molar-refractivity contribution in [3.63, 3.8) is 0 Å². The van der Waals surface area contributed by atoms with Crippen LogP contribution in [-0.4, -0.2) is 76.8 Å². The molecule has 254 valence electrons. The second-order valence-electron chi connectivity index (χ2n) is 12.1. The average molecular weight is 650 g/mol. The van der Waals surface area contributed by atoms with Crippen LogP contribution in [0.4, 0.5) is 0 Å². The summed E-state index contributed by atoms with van der Waals surface area (Å²) in [6, 6.07) is 16.5. The summed E-state index contributed by atoms with van der Waals surface area (Å²) in [6.07, 6.45) is 1.69. The lowest BCUT2D eigenvalue weighted by atomic mass is 9.92. The van der Waals surface area contributed by atoms with Crippen molar-refractivity contribution in [1.82, 2.24) is 21.3 Å². The number of carbonyl (C=O) groups is 5. The van der Waals surface area contributed by atoms with Gasteiger partial charge < -0.3 is 37.8 Å². The number of aryl methyl sites for hydroxylation is 2. The van der Waals surface area contributed by atoms with Crippen LogP contribution < -0.4 is 32.7 Å². The Morgan fingerprint density at radius 2 is 1.49 bits per heavy atom. The van der Waals surface area contributed by atoms with E-state index in [4.69, 9.17) is 11.5 Å². The van der Waals surface area contributed by atoms with Crippen LogP contribution in [-0.2, 0) is 36.8 Å². The Kier molecular flexibility index (Phi) is 13.9. The van der Waals surface area contributed by atoms with Crippen molar-refractivity contribution in [2.24, 2.45) is 16.5 Å². The van der Waals surface area contributed by atoms with Crippen molar-refractivity contribution < 1.29 is 29.1 Å². The van der Waals surface area contributed by atoms with Gasteiger partial charge in [0.15, 0.2) is 5.96 Å². The number of nitrogens with one attached hydrogen (secondary N) is 4. The van der Waals surface area contributed by atoms with Crippen LogP contribution >= 0.6 is 0 Å². The fraction of sp³-hybridized carbons (Fsp3) is 0.471. The number of amides is 4. The Labute approximate surface area is 275 Å². The number of aliphatic imine (C=N–C) groups is 1. The number of guanidine groups is 1. The summed E-state index contributed by atoms with van der Waals surface area (Å²) in [5, 5.41) is 21.4. The molecule has 9 N–H and O–H groups in total. The van der Waals surface area contributed by atoms with E-state index in [0.29, 0.717) is 12.8 Å². The van der Waals surface area contributed by atoms with Crippen LogP contribution in [0.3, 0.4) is 0 Å². The molecule has 4 amide bonds. The molecular formula is C34H47N7O6. The van der Waals surface area contributed by atoms with Gasteiger partial charge in [-0.25, -0.2) is 0 Å². The van der Waals surface area contributed by atoms with Crippen LogP contribution in [0, 0.1) is 0 Å². The lowest BCUT2D eigenvalue weighted by Gasteiger charge is -2.35. The van der Waals surface area contributed by atoms with Gasteiger partial charge in [-0.05, 0) is 69.9 Å². The number of ketones is 1. The van der Waals surface area contributed by atoms with Crippen molar-refractivity contribution in [3.05, 3.63) is 71.8 Å². The quantitative estimate of drug-likeness (QED) is 0.0487. The third kappa shape index (κ3) is 12.2. The maximum absolute atomic E-state index is 13.7. The normalized spacial score (nSPS) is 15.6. The van der Waals surface area contributed by atoms with Crippen molar-refractivity contribution in [2.75, 3.05) is 6.54 Å². The maximum Gasteiger partial charge on any atom is 0.289 e. The van der Waals surface area contributed by atoms with E-state index in [1.54, 1.807) is 0 Å². The van der Waals surface area contributed by atoms with E-state index < -0.39 is 47.2 Å².